The van der Waals surface area contributed by atoms with Gasteiger partial charge in [-0.05, 0) is 63.8 Å². The molecule has 2 aliphatic heterocycles. The third-order valence-electron chi connectivity index (χ3n) is 6.43. The van der Waals surface area contributed by atoms with Gasteiger partial charge in [0.2, 0.25) is 0 Å². The van der Waals surface area contributed by atoms with E-state index in [0.29, 0.717) is 29.8 Å². The highest BCUT2D eigenvalue weighted by Gasteiger charge is 2.41. The summed E-state index contributed by atoms with van der Waals surface area (Å²) in [4.78, 5) is 31.8. The molecule has 164 valence electrons. The number of anilines is 1. The van der Waals surface area contributed by atoms with Crippen molar-refractivity contribution in [1.82, 2.24) is 15.6 Å². The van der Waals surface area contributed by atoms with Gasteiger partial charge in [-0.25, -0.2) is 4.98 Å². The molecule has 3 atom stereocenters. The molecule has 4 rings (SSSR count). The van der Waals surface area contributed by atoms with Gasteiger partial charge in [0.25, 0.3) is 11.8 Å². The fraction of sp³-hybridized carbons (Fsp3) is 0.458. The number of amides is 2. The number of methoxy groups -OCH3 is 1. The molecule has 7 nitrogen and oxygen atoms in total. The number of hydrogen-bond donors (Lipinski definition) is 2. The molecule has 2 fully saturated rings. The highest BCUT2D eigenvalue weighted by atomic mass is 16.5. The van der Waals surface area contributed by atoms with Crippen molar-refractivity contribution in [3.63, 3.8) is 0 Å². The predicted octanol–water partition coefficient (Wildman–Crippen LogP) is 3.08. The summed E-state index contributed by atoms with van der Waals surface area (Å²) in [7, 11) is 1.62. The Bertz CT molecular complexity index is 946. The largest absolute Gasteiger partial charge is 0.496 e. The number of nitrogens with one attached hydrogen (secondary N) is 2. The van der Waals surface area contributed by atoms with Crippen molar-refractivity contribution in [2.24, 2.45) is 0 Å². The number of carbonyl (C=O) groups excluding carboxylic acids is 2. The van der Waals surface area contributed by atoms with Gasteiger partial charge in [-0.3, -0.25) is 9.59 Å². The van der Waals surface area contributed by atoms with Crippen LogP contribution in [0.3, 0.4) is 0 Å². The van der Waals surface area contributed by atoms with Gasteiger partial charge in [-0.2, -0.15) is 0 Å². The first-order valence-electron chi connectivity index (χ1n) is 11.0. The smallest absolute Gasteiger partial charge is 0.252 e. The molecule has 31 heavy (non-hydrogen) atoms. The van der Waals surface area contributed by atoms with Crippen LogP contribution in [0.1, 0.15) is 58.9 Å². The van der Waals surface area contributed by atoms with Crippen LogP contribution >= 0.6 is 0 Å². The molecular weight excluding hydrogens is 392 g/mol. The zero-order chi connectivity index (χ0) is 22.0. The Balaban J connectivity index is 1.43. The van der Waals surface area contributed by atoms with E-state index in [1.807, 2.05) is 44.2 Å². The van der Waals surface area contributed by atoms with Gasteiger partial charge in [0, 0.05) is 42.0 Å². The van der Waals surface area contributed by atoms with Crippen molar-refractivity contribution in [3.05, 3.63) is 53.2 Å². The van der Waals surface area contributed by atoms with Gasteiger partial charge in [-0.1, -0.05) is 6.07 Å². The third kappa shape index (κ3) is 4.22. The van der Waals surface area contributed by atoms with Gasteiger partial charge in [0.05, 0.1) is 12.7 Å². The maximum absolute atomic E-state index is 12.9. The Morgan fingerprint density at radius 1 is 1.13 bits per heavy atom. The number of carbonyl (C=O) groups is 2. The van der Waals surface area contributed by atoms with Crippen LogP contribution in [0, 0.1) is 6.92 Å². The second-order valence-corrected chi connectivity index (χ2v) is 8.33. The molecule has 2 amide bonds. The van der Waals surface area contributed by atoms with Crippen LogP contribution in [-0.2, 0) is 0 Å². The number of nitrogens with zero attached hydrogens (tertiary/aromatic N) is 2. The molecule has 1 aromatic heterocycles. The van der Waals surface area contributed by atoms with Crippen LogP contribution in [0.2, 0.25) is 0 Å². The zero-order valence-corrected chi connectivity index (χ0v) is 18.4. The van der Waals surface area contributed by atoms with E-state index in [9.17, 15) is 9.59 Å². The molecule has 0 aliphatic carbocycles. The minimum absolute atomic E-state index is 0.0429. The fourth-order valence-corrected chi connectivity index (χ4v) is 4.95. The van der Waals surface area contributed by atoms with Gasteiger partial charge in [0.15, 0.2) is 0 Å². The lowest BCUT2D eigenvalue weighted by molar-refractivity contribution is 0.0924. The average molecular weight is 423 g/mol. The fourth-order valence-electron chi connectivity index (χ4n) is 4.95. The van der Waals surface area contributed by atoms with Crippen molar-refractivity contribution < 1.29 is 14.3 Å². The molecule has 7 heteroatoms. The van der Waals surface area contributed by atoms with Crippen LogP contribution in [0.15, 0.2) is 36.5 Å². The highest BCUT2D eigenvalue weighted by molar-refractivity contribution is 5.96. The lowest BCUT2D eigenvalue weighted by atomic mass is 9.96. The quantitative estimate of drug-likeness (QED) is 0.748. The first-order chi connectivity index (χ1) is 15.0. The minimum Gasteiger partial charge on any atom is -0.496 e. The number of rotatable bonds is 6. The summed E-state index contributed by atoms with van der Waals surface area (Å²) >= 11 is 0. The van der Waals surface area contributed by atoms with E-state index in [1.165, 1.54) is 0 Å². The maximum Gasteiger partial charge on any atom is 0.252 e. The van der Waals surface area contributed by atoms with Crippen LogP contribution in [0.5, 0.6) is 5.75 Å². The average Bonchev–Trinajstić information content (AvgIpc) is 3.04. The second-order valence-electron chi connectivity index (χ2n) is 8.33. The lowest BCUT2D eigenvalue weighted by Crippen LogP contribution is -2.50. The van der Waals surface area contributed by atoms with E-state index >= 15 is 0 Å². The van der Waals surface area contributed by atoms with E-state index in [4.69, 9.17) is 4.74 Å². The first-order valence-corrected chi connectivity index (χ1v) is 11.0. The monoisotopic (exact) mass is 422 g/mol. The number of piperidine rings is 1. The summed E-state index contributed by atoms with van der Waals surface area (Å²) in [5.41, 5.74) is 2.10. The van der Waals surface area contributed by atoms with Gasteiger partial charge in [0.1, 0.15) is 11.6 Å². The summed E-state index contributed by atoms with van der Waals surface area (Å²) in [5.74, 6) is 1.50. The maximum atomic E-state index is 12.9. The van der Waals surface area contributed by atoms with Crippen molar-refractivity contribution in [1.29, 1.82) is 0 Å². The normalized spacial score (nSPS) is 22.2. The zero-order valence-electron chi connectivity index (χ0n) is 18.4. The van der Waals surface area contributed by atoms with Crippen molar-refractivity contribution >= 4 is 17.6 Å². The van der Waals surface area contributed by atoms with Crippen LogP contribution in [0.25, 0.3) is 0 Å². The summed E-state index contributed by atoms with van der Waals surface area (Å²) < 4.78 is 5.35. The molecule has 2 N–H and O–H groups in total. The Hall–Kier alpha value is -3.09. The summed E-state index contributed by atoms with van der Waals surface area (Å²) in [6.45, 7) is 4.41. The standard InChI is InChI=1S/C24H30N4O3/c1-4-25-23(29)16-8-11-22(26-14-16)28-18-9-10-19(28)13-17(12-18)27-24(30)20-6-5-7-21(31-3)15(20)2/h5-8,11,14,17-19H,4,9-10,12-13H2,1-3H3,(H,25,29)(H,27,30)/t17?,18-,19+. The number of ether oxygens (including phenoxy) is 1. The molecule has 2 saturated heterocycles. The van der Waals surface area contributed by atoms with Gasteiger partial charge < -0.3 is 20.3 Å². The van der Waals surface area contributed by atoms with Crippen LogP contribution < -0.4 is 20.3 Å². The number of benzene rings is 1. The lowest BCUT2D eigenvalue weighted by Gasteiger charge is -2.40. The SMILES string of the molecule is CCNC(=O)c1ccc(N2[C@@H]3CC[C@H]2CC(NC(=O)c2cccc(OC)c2C)C3)nc1. The highest BCUT2D eigenvalue weighted by Crippen LogP contribution is 2.38. The Kier molecular flexibility index (Phi) is 6.11. The number of fused-ring (bicyclic) bond motifs is 2. The Morgan fingerprint density at radius 3 is 2.48 bits per heavy atom. The number of pyridine rings is 1. The van der Waals surface area contributed by atoms with E-state index in [-0.39, 0.29) is 17.9 Å². The first kappa shape index (κ1) is 21.2. The molecule has 2 bridgehead atoms. The topological polar surface area (TPSA) is 83.6 Å². The molecule has 3 heterocycles. The van der Waals surface area contributed by atoms with Crippen molar-refractivity contribution in [2.75, 3.05) is 18.6 Å². The molecule has 2 aliphatic rings. The third-order valence-corrected chi connectivity index (χ3v) is 6.43. The molecule has 1 aromatic carbocycles. The molecule has 0 saturated carbocycles. The number of aromatic nitrogens is 1. The second kappa shape index (κ2) is 8.96. The molecule has 0 radical (unpaired) electrons. The predicted molar refractivity (Wildman–Crippen MR) is 120 cm³/mol. The van der Waals surface area contributed by atoms with E-state index < -0.39 is 0 Å². The van der Waals surface area contributed by atoms with Crippen molar-refractivity contribution in [2.45, 2.75) is 57.7 Å². The molecule has 1 unspecified atom stereocenters. The molecule has 0 spiro atoms. The van der Waals surface area contributed by atoms with Crippen molar-refractivity contribution in [3.8, 4) is 5.75 Å². The summed E-state index contributed by atoms with van der Waals surface area (Å²) in [6, 6.07) is 10.2. The van der Waals surface area contributed by atoms with Gasteiger partial charge in [-0.15, -0.1) is 0 Å². The van der Waals surface area contributed by atoms with Gasteiger partial charge >= 0.3 is 0 Å². The Labute approximate surface area is 183 Å². The van der Waals surface area contributed by atoms with E-state index in [2.05, 4.69) is 20.5 Å². The van der Waals surface area contributed by atoms with Crippen LogP contribution in [-0.4, -0.2) is 48.6 Å². The minimum atomic E-state index is -0.0984. The summed E-state index contributed by atoms with van der Waals surface area (Å²) in [6.07, 6.45) is 5.62. The molecular formula is C24H30N4O3. The Morgan fingerprint density at radius 2 is 1.87 bits per heavy atom. The molecule has 2 aromatic rings. The van der Waals surface area contributed by atoms with Crippen LogP contribution in [0.4, 0.5) is 5.82 Å². The van der Waals surface area contributed by atoms with E-state index in [1.54, 1.807) is 13.3 Å². The summed E-state index contributed by atoms with van der Waals surface area (Å²) in [5, 5.41) is 6.04. The van der Waals surface area contributed by atoms with E-state index in [0.717, 1.165) is 42.8 Å². The number of hydrogen-bond acceptors (Lipinski definition) is 5.